The van der Waals surface area contributed by atoms with Gasteiger partial charge in [-0.1, -0.05) is 22.8 Å². The Morgan fingerprint density at radius 1 is 1.11 bits per heavy atom. The van der Waals surface area contributed by atoms with Gasteiger partial charge < -0.3 is 33.5 Å². The quantitative estimate of drug-likeness (QED) is 0.158. The number of anilines is 2. The lowest BCUT2D eigenvalue weighted by Crippen LogP contribution is -2.33. The van der Waals surface area contributed by atoms with Crippen LogP contribution in [0.25, 0.3) is 32.1 Å². The molecule has 0 spiro atoms. The third-order valence-electron chi connectivity index (χ3n) is 9.30. The highest BCUT2D eigenvalue weighted by molar-refractivity contribution is 7.23. The minimum absolute atomic E-state index is 0.0596. The average Bonchev–Trinajstić information content (AvgIpc) is 3.88. The minimum atomic E-state index is -0.785. The van der Waals surface area contributed by atoms with Crippen LogP contribution < -0.4 is 15.4 Å². The fourth-order valence-corrected chi connectivity index (χ4v) is 8.43. The number of hydrogen-bond donors (Lipinski definition) is 2. The number of hydrogen-bond acceptors (Lipinski definition) is 13. The molecule has 5 heterocycles. The first-order valence-corrected chi connectivity index (χ1v) is 18.6. The number of nitrogens with one attached hydrogen (secondary N) is 2. The van der Waals surface area contributed by atoms with E-state index in [1.165, 1.54) is 6.07 Å². The number of carbonyl (C=O) groups excluding carboxylic acids is 1. The van der Waals surface area contributed by atoms with E-state index >= 15 is 4.39 Å². The number of carbonyl (C=O) groups is 1. The summed E-state index contributed by atoms with van der Waals surface area (Å²) in [4.78, 5) is 22.4. The van der Waals surface area contributed by atoms with Crippen molar-refractivity contribution < 1.29 is 37.4 Å². The topological polar surface area (TPSA) is 163 Å². The Kier molecular flexibility index (Phi) is 9.58. The van der Waals surface area contributed by atoms with Crippen molar-refractivity contribution in [2.24, 2.45) is 0 Å². The molecule has 276 valence electrons. The molecule has 2 aromatic carbocycles. The zero-order valence-electron chi connectivity index (χ0n) is 29.3. The monoisotopic (exact) mass is 762 g/mol. The smallest absolute Gasteiger partial charge is 0.412 e. The molecule has 0 radical (unpaired) electrons. The molecule has 2 aliphatic heterocycles. The number of fused-ring (bicyclic) bond motifs is 5. The van der Waals surface area contributed by atoms with Crippen molar-refractivity contribution in [3.63, 3.8) is 0 Å². The summed E-state index contributed by atoms with van der Waals surface area (Å²) in [6.07, 6.45) is 2.82. The van der Waals surface area contributed by atoms with E-state index in [1.807, 2.05) is 0 Å². The van der Waals surface area contributed by atoms with Crippen LogP contribution in [-0.2, 0) is 51.5 Å². The SMILES string of the molecule is CC(C)(C)OC(=O)Nc1sc2c(F)ccc(-c3c4c(c5c(NCc6noc7c6CCCC7)nc(OC[C@H]6COCCO6)nc5c3Cl)COC4)c2c1C#N. The van der Waals surface area contributed by atoms with Crippen LogP contribution in [0.1, 0.15) is 67.3 Å². The van der Waals surface area contributed by atoms with Gasteiger partial charge in [0.05, 0.1) is 65.8 Å². The second-order valence-electron chi connectivity index (χ2n) is 14.0. The number of ether oxygens (including phenoxy) is 5. The molecule has 3 aliphatic rings. The van der Waals surface area contributed by atoms with Crippen molar-refractivity contribution in [1.82, 2.24) is 15.1 Å². The molecule has 16 heteroatoms. The molecule has 1 aliphatic carbocycles. The number of thiophene rings is 1. The zero-order valence-corrected chi connectivity index (χ0v) is 30.9. The number of nitriles is 1. The van der Waals surface area contributed by atoms with Crippen LogP contribution in [0.3, 0.4) is 0 Å². The third-order valence-corrected chi connectivity index (χ3v) is 10.8. The molecule has 2 N–H and O–H groups in total. The Morgan fingerprint density at radius 3 is 2.74 bits per heavy atom. The number of benzene rings is 2. The van der Waals surface area contributed by atoms with Crippen molar-refractivity contribution in [2.45, 2.75) is 77.9 Å². The first kappa shape index (κ1) is 35.4. The standard InChI is InChI=1S/C37H36ClFN6O7S/c1-37(2,3)51-36(46)44-34-21(12-40)28-20(8-9-24(39)32(28)53-34)27-22-16-48-17-23(22)29-31(30(27)38)42-35(50-15-18-14-47-10-11-49-18)43-33(29)41-13-25-19-6-4-5-7-26(19)52-45-25/h8-9,18H,4-7,10-11,13-17H2,1-3H3,(H,44,46)(H,41,42,43)/t18-/m1/s1. The summed E-state index contributed by atoms with van der Waals surface area (Å²) >= 11 is 8.33. The summed E-state index contributed by atoms with van der Waals surface area (Å²) in [5, 5.41) is 22.2. The molecule has 8 rings (SSSR count). The van der Waals surface area contributed by atoms with E-state index < -0.39 is 17.5 Å². The molecule has 1 atom stereocenters. The van der Waals surface area contributed by atoms with Gasteiger partial charge in [0, 0.05) is 22.9 Å². The molecule has 1 amide bonds. The highest BCUT2D eigenvalue weighted by Crippen LogP contribution is 2.50. The number of amides is 1. The summed E-state index contributed by atoms with van der Waals surface area (Å²) in [5.41, 5.74) is 4.14. The predicted molar refractivity (Wildman–Crippen MR) is 195 cm³/mol. The normalized spacial score (nSPS) is 17.0. The fourth-order valence-electron chi connectivity index (χ4n) is 7.01. The summed E-state index contributed by atoms with van der Waals surface area (Å²) in [5.74, 6) is 0.831. The Labute approximate surface area is 312 Å². The maximum Gasteiger partial charge on any atom is 0.412 e. The van der Waals surface area contributed by atoms with Gasteiger partial charge in [0.2, 0.25) is 0 Å². The van der Waals surface area contributed by atoms with Gasteiger partial charge in [-0.3, -0.25) is 5.32 Å². The molecule has 1 saturated heterocycles. The van der Waals surface area contributed by atoms with Crippen molar-refractivity contribution in [2.75, 3.05) is 37.1 Å². The van der Waals surface area contributed by atoms with Crippen LogP contribution in [-0.4, -0.2) is 59.4 Å². The highest BCUT2D eigenvalue weighted by atomic mass is 35.5. The van der Waals surface area contributed by atoms with E-state index in [-0.39, 0.29) is 52.2 Å². The number of halogens is 2. The molecular weight excluding hydrogens is 727 g/mol. The van der Waals surface area contributed by atoms with Crippen LogP contribution >= 0.6 is 22.9 Å². The Balaban J connectivity index is 1.27. The maximum atomic E-state index is 15.5. The van der Waals surface area contributed by atoms with Gasteiger partial charge in [0.15, 0.2) is 0 Å². The second kappa shape index (κ2) is 14.3. The number of rotatable bonds is 8. The molecule has 13 nitrogen and oxygen atoms in total. The maximum absolute atomic E-state index is 15.5. The van der Waals surface area contributed by atoms with Gasteiger partial charge in [-0.25, -0.2) is 9.18 Å². The van der Waals surface area contributed by atoms with Gasteiger partial charge in [-0.15, -0.1) is 11.3 Å². The lowest BCUT2D eigenvalue weighted by Gasteiger charge is -2.23. The predicted octanol–water partition coefficient (Wildman–Crippen LogP) is 7.83. The van der Waals surface area contributed by atoms with Gasteiger partial charge in [-0.2, -0.15) is 15.2 Å². The summed E-state index contributed by atoms with van der Waals surface area (Å²) < 4.78 is 50.2. The van der Waals surface area contributed by atoms with E-state index in [0.717, 1.165) is 65.2 Å². The van der Waals surface area contributed by atoms with Gasteiger partial charge >= 0.3 is 12.1 Å². The minimum Gasteiger partial charge on any atom is -0.461 e. The van der Waals surface area contributed by atoms with Gasteiger partial charge in [-0.05, 0) is 62.8 Å². The Hall–Kier alpha value is -4.59. The first-order chi connectivity index (χ1) is 25.6. The number of nitrogens with zero attached hydrogens (tertiary/aromatic N) is 4. The molecule has 0 unspecified atom stereocenters. The van der Waals surface area contributed by atoms with Crippen LogP contribution in [0.2, 0.25) is 5.02 Å². The second-order valence-corrected chi connectivity index (χ2v) is 15.4. The van der Waals surface area contributed by atoms with E-state index in [9.17, 15) is 10.1 Å². The summed E-state index contributed by atoms with van der Waals surface area (Å²) in [6.45, 7) is 7.44. The third kappa shape index (κ3) is 6.86. The van der Waals surface area contributed by atoms with Gasteiger partial charge in [0.1, 0.15) is 52.5 Å². The molecule has 1 fully saturated rings. The van der Waals surface area contributed by atoms with E-state index in [2.05, 4.69) is 21.9 Å². The molecule has 53 heavy (non-hydrogen) atoms. The van der Waals surface area contributed by atoms with Crippen LogP contribution in [0.5, 0.6) is 6.01 Å². The van der Waals surface area contributed by atoms with Crippen molar-refractivity contribution >= 4 is 60.8 Å². The van der Waals surface area contributed by atoms with Crippen molar-refractivity contribution in [3.05, 3.63) is 56.7 Å². The van der Waals surface area contributed by atoms with Crippen LogP contribution in [0.4, 0.5) is 20.0 Å². The summed E-state index contributed by atoms with van der Waals surface area (Å²) in [6, 6.07) is 5.14. The van der Waals surface area contributed by atoms with Crippen molar-refractivity contribution in [1.29, 1.82) is 5.26 Å². The largest absolute Gasteiger partial charge is 0.461 e. The summed E-state index contributed by atoms with van der Waals surface area (Å²) in [7, 11) is 0. The first-order valence-electron chi connectivity index (χ1n) is 17.4. The van der Waals surface area contributed by atoms with Crippen LogP contribution in [0.15, 0.2) is 16.7 Å². The molecule has 5 aromatic rings. The molecule has 3 aromatic heterocycles. The molecule has 0 bridgehead atoms. The average molecular weight is 763 g/mol. The van der Waals surface area contributed by atoms with E-state index in [0.29, 0.717) is 59.6 Å². The number of aromatic nitrogens is 3. The van der Waals surface area contributed by atoms with Crippen LogP contribution in [0, 0.1) is 17.1 Å². The van der Waals surface area contributed by atoms with Gasteiger partial charge in [0.25, 0.3) is 0 Å². The Morgan fingerprint density at radius 2 is 1.94 bits per heavy atom. The Bertz CT molecular complexity index is 2290. The van der Waals surface area contributed by atoms with Crippen molar-refractivity contribution in [3.8, 4) is 23.2 Å². The lowest BCUT2D eigenvalue weighted by molar-refractivity contribution is -0.102. The lowest BCUT2D eigenvalue weighted by atomic mass is 9.91. The van der Waals surface area contributed by atoms with E-state index in [4.69, 9.17) is 49.8 Å². The fraction of sp³-hybridized carbons (Fsp3) is 0.432. The number of aryl methyl sites for hydroxylation is 1. The molecular formula is C37H36ClFN6O7S. The van der Waals surface area contributed by atoms with E-state index in [1.54, 1.807) is 26.8 Å². The zero-order chi connectivity index (χ0) is 36.9. The highest BCUT2D eigenvalue weighted by Gasteiger charge is 2.31. The molecule has 0 saturated carbocycles.